The van der Waals surface area contributed by atoms with Crippen molar-refractivity contribution in [3.63, 3.8) is 0 Å². The maximum Gasteiger partial charge on any atom is 0.185 e. The van der Waals surface area contributed by atoms with Crippen LogP contribution >= 0.6 is 0 Å². The lowest BCUT2D eigenvalue weighted by atomic mass is 10.2. The molecule has 5 nitrogen and oxygen atoms in total. The summed E-state index contributed by atoms with van der Waals surface area (Å²) in [4.78, 5) is 11.6. The number of carbonyl (C=O) groups is 1. The lowest BCUT2D eigenvalue weighted by Gasteiger charge is -2.11. The molecule has 0 aliphatic rings. The van der Waals surface area contributed by atoms with Gasteiger partial charge in [0.1, 0.15) is 5.69 Å². The molecule has 5 heteroatoms. The fourth-order valence-corrected chi connectivity index (χ4v) is 1.17. The number of nitrogens with zero attached hydrogens (tertiary/aromatic N) is 2. The second-order valence-electron chi connectivity index (χ2n) is 2.87. The Morgan fingerprint density at radius 1 is 1.57 bits per heavy atom. The molecule has 0 saturated carbocycles. The van der Waals surface area contributed by atoms with E-state index >= 15 is 0 Å². The van der Waals surface area contributed by atoms with Gasteiger partial charge in [0.25, 0.3) is 0 Å². The van der Waals surface area contributed by atoms with Crippen molar-refractivity contribution in [3.05, 3.63) is 18.0 Å². The third kappa shape index (κ3) is 2.40. The minimum absolute atomic E-state index is 0.0429. The van der Waals surface area contributed by atoms with Crippen LogP contribution in [0.4, 0.5) is 0 Å². The highest BCUT2D eigenvalue weighted by atomic mass is 16.7. The SMILES string of the molecule is COC(CC(=O)c1ccnn1C)OC. The molecular formula is C9H14N2O3. The third-order valence-electron chi connectivity index (χ3n) is 1.98. The quantitative estimate of drug-likeness (QED) is 0.514. The van der Waals surface area contributed by atoms with E-state index in [0.29, 0.717) is 5.69 Å². The fourth-order valence-electron chi connectivity index (χ4n) is 1.17. The van der Waals surface area contributed by atoms with Crippen LogP contribution in [0, 0.1) is 0 Å². The van der Waals surface area contributed by atoms with Crippen molar-refractivity contribution in [2.75, 3.05) is 14.2 Å². The molecule has 1 rings (SSSR count). The summed E-state index contributed by atoms with van der Waals surface area (Å²) in [5, 5.41) is 3.91. The van der Waals surface area contributed by atoms with Crippen LogP contribution < -0.4 is 0 Å². The van der Waals surface area contributed by atoms with E-state index < -0.39 is 6.29 Å². The molecule has 0 unspecified atom stereocenters. The number of methoxy groups -OCH3 is 2. The van der Waals surface area contributed by atoms with Crippen molar-refractivity contribution in [1.29, 1.82) is 0 Å². The van der Waals surface area contributed by atoms with Crippen LogP contribution in [0.5, 0.6) is 0 Å². The van der Waals surface area contributed by atoms with Crippen LogP contribution in [0.3, 0.4) is 0 Å². The Hall–Kier alpha value is -1.20. The molecule has 1 heterocycles. The summed E-state index contributed by atoms with van der Waals surface area (Å²) in [6.45, 7) is 0. The van der Waals surface area contributed by atoms with Crippen LogP contribution in [0.1, 0.15) is 16.9 Å². The first-order chi connectivity index (χ1) is 6.69. The molecular weight excluding hydrogens is 184 g/mol. The van der Waals surface area contributed by atoms with E-state index in [4.69, 9.17) is 9.47 Å². The predicted octanol–water partition coefficient (Wildman–Crippen LogP) is 0.612. The topological polar surface area (TPSA) is 53.3 Å². The molecule has 0 amide bonds. The molecule has 0 aromatic carbocycles. The lowest BCUT2D eigenvalue weighted by molar-refractivity contribution is -0.0994. The van der Waals surface area contributed by atoms with Crippen LogP contribution in [-0.4, -0.2) is 36.1 Å². The van der Waals surface area contributed by atoms with Gasteiger partial charge in [-0.05, 0) is 6.07 Å². The number of Topliss-reactive ketones (excluding diaryl/α,β-unsaturated/α-hetero) is 1. The molecule has 0 aliphatic carbocycles. The number of ketones is 1. The summed E-state index contributed by atoms with van der Waals surface area (Å²) in [7, 11) is 4.73. The van der Waals surface area contributed by atoms with Gasteiger partial charge in [0, 0.05) is 27.5 Å². The zero-order chi connectivity index (χ0) is 10.6. The molecule has 14 heavy (non-hydrogen) atoms. The van der Waals surface area contributed by atoms with Crippen molar-refractivity contribution >= 4 is 5.78 Å². The zero-order valence-corrected chi connectivity index (χ0v) is 8.56. The summed E-state index contributed by atoms with van der Waals surface area (Å²) in [6.07, 6.45) is 1.30. The molecule has 0 radical (unpaired) electrons. The molecule has 78 valence electrons. The Balaban J connectivity index is 2.63. The molecule has 0 N–H and O–H groups in total. The summed E-state index contributed by atoms with van der Waals surface area (Å²) in [5.74, 6) is -0.0429. The van der Waals surface area contributed by atoms with Crippen molar-refractivity contribution in [3.8, 4) is 0 Å². The molecule has 0 bridgehead atoms. The lowest BCUT2D eigenvalue weighted by Crippen LogP contribution is -2.19. The van der Waals surface area contributed by atoms with Crippen molar-refractivity contribution in [1.82, 2.24) is 9.78 Å². The first-order valence-corrected chi connectivity index (χ1v) is 4.25. The third-order valence-corrected chi connectivity index (χ3v) is 1.98. The average molecular weight is 198 g/mol. The van der Waals surface area contributed by atoms with E-state index in [1.165, 1.54) is 18.9 Å². The molecule has 0 saturated heterocycles. The maximum atomic E-state index is 11.6. The van der Waals surface area contributed by atoms with E-state index in [9.17, 15) is 4.79 Å². The molecule has 0 atom stereocenters. The van der Waals surface area contributed by atoms with Gasteiger partial charge in [-0.1, -0.05) is 0 Å². The van der Waals surface area contributed by atoms with E-state index in [2.05, 4.69) is 5.10 Å². The largest absolute Gasteiger partial charge is 0.355 e. The van der Waals surface area contributed by atoms with Gasteiger partial charge in [-0.25, -0.2) is 0 Å². The highest BCUT2D eigenvalue weighted by Gasteiger charge is 2.16. The van der Waals surface area contributed by atoms with Crippen LogP contribution in [0.25, 0.3) is 0 Å². The van der Waals surface area contributed by atoms with Gasteiger partial charge in [0.2, 0.25) is 0 Å². The van der Waals surface area contributed by atoms with E-state index in [1.807, 2.05) is 0 Å². The highest BCUT2D eigenvalue weighted by molar-refractivity contribution is 5.94. The smallest absolute Gasteiger partial charge is 0.185 e. The highest BCUT2D eigenvalue weighted by Crippen LogP contribution is 2.06. The Morgan fingerprint density at radius 3 is 2.64 bits per heavy atom. The molecule has 0 fully saturated rings. The number of ether oxygens (including phenoxy) is 2. The van der Waals surface area contributed by atoms with E-state index in [1.54, 1.807) is 19.3 Å². The number of aryl methyl sites for hydroxylation is 1. The minimum Gasteiger partial charge on any atom is -0.355 e. The Morgan fingerprint density at radius 2 is 2.21 bits per heavy atom. The first kappa shape index (κ1) is 10.9. The summed E-state index contributed by atoms with van der Waals surface area (Å²) in [6, 6.07) is 1.67. The summed E-state index contributed by atoms with van der Waals surface area (Å²) >= 11 is 0. The number of rotatable bonds is 5. The standard InChI is InChI=1S/C9H14N2O3/c1-11-7(4-5-10-11)8(12)6-9(13-2)14-3/h4-5,9H,6H2,1-3H3. The van der Waals surface area contributed by atoms with Gasteiger partial charge < -0.3 is 9.47 Å². The Kier molecular flexibility index (Phi) is 3.79. The minimum atomic E-state index is -0.489. The second-order valence-corrected chi connectivity index (χ2v) is 2.87. The maximum absolute atomic E-state index is 11.6. The predicted molar refractivity (Wildman–Crippen MR) is 50.0 cm³/mol. The number of hydrogen-bond acceptors (Lipinski definition) is 4. The molecule has 1 aromatic heterocycles. The van der Waals surface area contributed by atoms with Crippen molar-refractivity contribution < 1.29 is 14.3 Å². The fraction of sp³-hybridized carbons (Fsp3) is 0.556. The van der Waals surface area contributed by atoms with Crippen LogP contribution in [-0.2, 0) is 16.5 Å². The van der Waals surface area contributed by atoms with E-state index in [0.717, 1.165) is 0 Å². The summed E-state index contributed by atoms with van der Waals surface area (Å²) in [5.41, 5.74) is 0.559. The van der Waals surface area contributed by atoms with E-state index in [-0.39, 0.29) is 12.2 Å². The number of hydrogen-bond donors (Lipinski definition) is 0. The molecule has 1 aromatic rings. The van der Waals surface area contributed by atoms with Crippen molar-refractivity contribution in [2.45, 2.75) is 12.7 Å². The van der Waals surface area contributed by atoms with Gasteiger partial charge in [0.05, 0.1) is 6.42 Å². The zero-order valence-electron chi connectivity index (χ0n) is 8.56. The van der Waals surface area contributed by atoms with Crippen LogP contribution in [0.2, 0.25) is 0 Å². The second kappa shape index (κ2) is 4.88. The van der Waals surface area contributed by atoms with Crippen molar-refractivity contribution in [2.24, 2.45) is 7.05 Å². The Labute approximate surface area is 82.6 Å². The Bertz CT molecular complexity index is 305. The van der Waals surface area contributed by atoms with Gasteiger partial charge in [0.15, 0.2) is 12.1 Å². The molecule has 0 aliphatic heterocycles. The van der Waals surface area contributed by atoms with Gasteiger partial charge >= 0.3 is 0 Å². The average Bonchev–Trinajstić information content (AvgIpc) is 2.60. The van der Waals surface area contributed by atoms with Gasteiger partial charge in [-0.15, -0.1) is 0 Å². The first-order valence-electron chi connectivity index (χ1n) is 4.25. The molecule has 0 spiro atoms. The van der Waals surface area contributed by atoms with Gasteiger partial charge in [-0.3, -0.25) is 9.48 Å². The van der Waals surface area contributed by atoms with Crippen LogP contribution in [0.15, 0.2) is 12.3 Å². The summed E-state index contributed by atoms with van der Waals surface area (Å²) < 4.78 is 11.4. The monoisotopic (exact) mass is 198 g/mol. The number of carbonyl (C=O) groups excluding carboxylic acids is 1. The normalized spacial score (nSPS) is 10.9. The number of aromatic nitrogens is 2. The van der Waals surface area contributed by atoms with Gasteiger partial charge in [-0.2, -0.15) is 5.10 Å².